The third-order valence-electron chi connectivity index (χ3n) is 3.21. The van der Waals surface area contributed by atoms with Crippen molar-refractivity contribution >= 4 is 26.0 Å². The minimum absolute atomic E-state index is 0.0821. The molecular formula is C11H17BrN2O4S. The molecule has 1 aliphatic heterocycles. The van der Waals surface area contributed by atoms with E-state index in [1.807, 2.05) is 6.92 Å². The van der Waals surface area contributed by atoms with Crippen molar-refractivity contribution in [3.05, 3.63) is 16.5 Å². The Labute approximate surface area is 120 Å². The van der Waals surface area contributed by atoms with Gasteiger partial charge in [0.05, 0.1) is 13.2 Å². The number of hydrogen-bond donors (Lipinski definition) is 2. The lowest BCUT2D eigenvalue weighted by molar-refractivity contribution is 0.180. The highest BCUT2D eigenvalue weighted by Gasteiger charge is 2.29. The molecule has 1 aromatic heterocycles. The number of ether oxygens (including phenoxy) is 1. The number of sulfonamides is 1. The summed E-state index contributed by atoms with van der Waals surface area (Å²) in [5.74, 6) is 0.624. The summed E-state index contributed by atoms with van der Waals surface area (Å²) in [7, 11) is -3.62. The molecule has 0 spiro atoms. The summed E-state index contributed by atoms with van der Waals surface area (Å²) in [4.78, 5) is 0.0821. The second-order valence-corrected chi connectivity index (χ2v) is 6.99. The van der Waals surface area contributed by atoms with Gasteiger partial charge in [0.25, 0.3) is 0 Å². The van der Waals surface area contributed by atoms with Gasteiger partial charge < -0.3 is 14.9 Å². The van der Waals surface area contributed by atoms with Gasteiger partial charge in [-0.25, -0.2) is 13.1 Å². The first-order chi connectivity index (χ1) is 8.94. The van der Waals surface area contributed by atoms with Gasteiger partial charge in [0, 0.05) is 24.6 Å². The number of nitrogens with two attached hydrogens (primary N) is 1. The zero-order valence-corrected chi connectivity index (χ0v) is 13.0. The van der Waals surface area contributed by atoms with E-state index in [2.05, 4.69) is 20.7 Å². The van der Waals surface area contributed by atoms with Crippen molar-refractivity contribution in [1.29, 1.82) is 0 Å². The molecule has 1 aromatic rings. The summed E-state index contributed by atoms with van der Waals surface area (Å²) in [6, 6.07) is 1.25. The largest absolute Gasteiger partial charge is 0.452 e. The van der Waals surface area contributed by atoms with E-state index in [9.17, 15) is 8.42 Å². The second-order valence-electron chi connectivity index (χ2n) is 4.59. The number of furan rings is 1. The molecule has 1 aliphatic rings. The minimum Gasteiger partial charge on any atom is -0.452 e. The predicted octanol–water partition coefficient (Wildman–Crippen LogP) is 1.20. The van der Waals surface area contributed by atoms with Crippen molar-refractivity contribution in [3.8, 4) is 0 Å². The van der Waals surface area contributed by atoms with E-state index < -0.39 is 10.0 Å². The summed E-state index contributed by atoms with van der Waals surface area (Å²) in [6.07, 6.45) is 0.865. The summed E-state index contributed by atoms with van der Waals surface area (Å²) >= 11 is 3.10. The average molecular weight is 353 g/mol. The highest BCUT2D eigenvalue weighted by molar-refractivity contribution is 9.10. The first-order valence-corrected chi connectivity index (χ1v) is 8.30. The van der Waals surface area contributed by atoms with Gasteiger partial charge in [0.2, 0.25) is 10.0 Å². The molecule has 3 N–H and O–H groups in total. The summed E-state index contributed by atoms with van der Waals surface area (Å²) in [5.41, 5.74) is 5.43. The third kappa shape index (κ3) is 3.38. The molecule has 0 radical (unpaired) electrons. The Balaban J connectivity index is 2.14. The first kappa shape index (κ1) is 15.0. The van der Waals surface area contributed by atoms with Crippen molar-refractivity contribution in [1.82, 2.24) is 4.72 Å². The SMILES string of the molecule is CC(NS(=O)(=O)c1cc(CN)oc1Br)C1CCOC1. The van der Waals surface area contributed by atoms with Gasteiger partial charge in [0.1, 0.15) is 10.7 Å². The van der Waals surface area contributed by atoms with Crippen LogP contribution in [0.1, 0.15) is 19.1 Å². The lowest BCUT2D eigenvalue weighted by atomic mass is 10.0. The van der Waals surface area contributed by atoms with E-state index >= 15 is 0 Å². The van der Waals surface area contributed by atoms with Crippen LogP contribution < -0.4 is 10.5 Å². The Morgan fingerprint density at radius 1 is 1.63 bits per heavy atom. The minimum atomic E-state index is -3.62. The van der Waals surface area contributed by atoms with Gasteiger partial charge in [-0.3, -0.25) is 0 Å². The molecule has 0 aromatic carbocycles. The van der Waals surface area contributed by atoms with Crippen molar-refractivity contribution in [2.75, 3.05) is 13.2 Å². The number of hydrogen-bond acceptors (Lipinski definition) is 5. The van der Waals surface area contributed by atoms with E-state index in [4.69, 9.17) is 14.9 Å². The molecule has 19 heavy (non-hydrogen) atoms. The van der Waals surface area contributed by atoms with E-state index in [0.717, 1.165) is 6.42 Å². The zero-order chi connectivity index (χ0) is 14.0. The van der Waals surface area contributed by atoms with Crippen LogP contribution in [-0.4, -0.2) is 27.7 Å². The molecule has 2 heterocycles. The number of rotatable bonds is 5. The molecule has 0 saturated carbocycles. The average Bonchev–Trinajstić information content (AvgIpc) is 2.96. The zero-order valence-electron chi connectivity index (χ0n) is 10.6. The van der Waals surface area contributed by atoms with Gasteiger partial charge in [0.15, 0.2) is 4.67 Å². The smallest absolute Gasteiger partial charge is 0.245 e. The van der Waals surface area contributed by atoms with Crippen molar-refractivity contribution < 1.29 is 17.6 Å². The summed E-state index contributed by atoms with van der Waals surface area (Å²) < 4.78 is 37.8. The van der Waals surface area contributed by atoms with Gasteiger partial charge >= 0.3 is 0 Å². The van der Waals surface area contributed by atoms with Crippen molar-refractivity contribution in [2.45, 2.75) is 30.8 Å². The fourth-order valence-corrected chi connectivity index (χ4v) is 4.34. The maximum atomic E-state index is 12.3. The van der Waals surface area contributed by atoms with Crippen molar-refractivity contribution in [2.24, 2.45) is 11.7 Å². The fraction of sp³-hybridized carbons (Fsp3) is 0.636. The van der Waals surface area contributed by atoms with Gasteiger partial charge in [-0.15, -0.1) is 0 Å². The maximum Gasteiger partial charge on any atom is 0.245 e. The van der Waals surface area contributed by atoms with E-state index in [0.29, 0.717) is 19.0 Å². The molecule has 0 aliphatic carbocycles. The molecule has 1 fully saturated rings. The van der Waals surface area contributed by atoms with E-state index in [1.54, 1.807) is 0 Å². The van der Waals surface area contributed by atoms with E-state index in [-0.39, 0.29) is 28.1 Å². The lowest BCUT2D eigenvalue weighted by Crippen LogP contribution is -2.38. The van der Waals surface area contributed by atoms with Crippen LogP contribution in [0, 0.1) is 5.92 Å². The Hall–Kier alpha value is -0.410. The highest BCUT2D eigenvalue weighted by atomic mass is 79.9. The Kier molecular flexibility index (Phi) is 4.67. The van der Waals surface area contributed by atoms with Gasteiger partial charge in [-0.1, -0.05) is 0 Å². The maximum absolute atomic E-state index is 12.3. The van der Waals surface area contributed by atoms with E-state index in [1.165, 1.54) is 6.07 Å². The standard InChI is InChI=1S/C11H17BrN2O4S/c1-7(8-2-3-17-6-8)14-19(15,16)10-4-9(5-13)18-11(10)12/h4,7-8,14H,2-3,5-6,13H2,1H3. The molecular weight excluding hydrogens is 336 g/mol. The topological polar surface area (TPSA) is 94.6 Å². The molecule has 0 amide bonds. The van der Waals surface area contributed by atoms with Crippen LogP contribution in [0.25, 0.3) is 0 Å². The molecule has 8 heteroatoms. The second kappa shape index (κ2) is 5.92. The van der Waals surface area contributed by atoms with Crippen LogP contribution in [0.5, 0.6) is 0 Å². The normalized spacial score (nSPS) is 21.7. The molecule has 2 unspecified atom stereocenters. The van der Waals surface area contributed by atoms with Crippen LogP contribution >= 0.6 is 15.9 Å². The van der Waals surface area contributed by atoms with Crippen LogP contribution in [0.4, 0.5) is 0 Å². The predicted molar refractivity (Wildman–Crippen MR) is 73.0 cm³/mol. The highest BCUT2D eigenvalue weighted by Crippen LogP contribution is 2.27. The Morgan fingerprint density at radius 2 is 2.37 bits per heavy atom. The molecule has 2 atom stereocenters. The van der Waals surface area contributed by atoms with Crippen molar-refractivity contribution in [3.63, 3.8) is 0 Å². The number of nitrogens with one attached hydrogen (secondary N) is 1. The number of halogens is 1. The van der Waals surface area contributed by atoms with Crippen LogP contribution in [0.3, 0.4) is 0 Å². The van der Waals surface area contributed by atoms with Gasteiger partial charge in [-0.2, -0.15) is 0 Å². The Bertz CT molecular complexity index is 537. The Morgan fingerprint density at radius 3 is 2.89 bits per heavy atom. The third-order valence-corrected chi connectivity index (χ3v) is 5.63. The molecule has 6 nitrogen and oxygen atoms in total. The fourth-order valence-electron chi connectivity index (χ4n) is 2.03. The van der Waals surface area contributed by atoms with Crippen LogP contribution in [0.2, 0.25) is 0 Å². The lowest BCUT2D eigenvalue weighted by Gasteiger charge is -2.18. The quantitative estimate of drug-likeness (QED) is 0.830. The molecule has 0 bridgehead atoms. The summed E-state index contributed by atoms with van der Waals surface area (Å²) in [6.45, 7) is 3.27. The van der Waals surface area contributed by atoms with Crippen LogP contribution in [-0.2, 0) is 21.3 Å². The van der Waals surface area contributed by atoms with Gasteiger partial charge in [-0.05, 0) is 29.3 Å². The monoisotopic (exact) mass is 352 g/mol. The molecule has 2 rings (SSSR count). The summed E-state index contributed by atoms with van der Waals surface area (Å²) in [5, 5.41) is 0. The first-order valence-electron chi connectivity index (χ1n) is 6.02. The van der Waals surface area contributed by atoms with Crippen LogP contribution in [0.15, 0.2) is 20.0 Å². The molecule has 1 saturated heterocycles. The molecule has 108 valence electrons.